The van der Waals surface area contributed by atoms with Gasteiger partial charge >= 0.3 is 6.03 Å². The van der Waals surface area contributed by atoms with Gasteiger partial charge < -0.3 is 16.0 Å². The highest BCUT2D eigenvalue weighted by Crippen LogP contribution is 2.41. The molecule has 0 unspecified atom stereocenters. The van der Waals surface area contributed by atoms with Crippen molar-refractivity contribution < 1.29 is 9.59 Å². The molecule has 1 aromatic rings. The Balaban J connectivity index is 1.26. The van der Waals surface area contributed by atoms with Gasteiger partial charge in [0.15, 0.2) is 0 Å². The van der Waals surface area contributed by atoms with Crippen molar-refractivity contribution in [2.24, 2.45) is 5.92 Å². The Bertz CT molecular complexity index is 604. The number of carbonyl (C=O) groups is 2. The SMILES string of the molecule is O=C(NCCCNC(=O)C1CCC1)N[C@H]1C[C@@H]1c1cccc(Cl)c1. The number of carbonyl (C=O) groups excluding carboxylic acids is 2. The average molecular weight is 350 g/mol. The van der Waals surface area contributed by atoms with E-state index in [1.807, 2.05) is 24.3 Å². The Morgan fingerprint density at radius 1 is 1.17 bits per heavy atom. The highest BCUT2D eigenvalue weighted by atomic mass is 35.5. The zero-order chi connectivity index (χ0) is 16.9. The summed E-state index contributed by atoms with van der Waals surface area (Å²) in [5.41, 5.74) is 1.17. The van der Waals surface area contributed by atoms with E-state index >= 15 is 0 Å². The van der Waals surface area contributed by atoms with Crippen molar-refractivity contribution in [3.05, 3.63) is 34.9 Å². The van der Waals surface area contributed by atoms with Crippen LogP contribution in [0.3, 0.4) is 0 Å². The first-order valence-electron chi connectivity index (χ1n) is 8.71. The molecular formula is C18H24ClN3O2. The molecule has 0 saturated heterocycles. The molecule has 0 heterocycles. The second-order valence-electron chi connectivity index (χ2n) is 6.68. The van der Waals surface area contributed by atoms with Crippen molar-refractivity contribution >= 4 is 23.5 Å². The third-order valence-corrected chi connectivity index (χ3v) is 5.03. The van der Waals surface area contributed by atoms with E-state index in [2.05, 4.69) is 16.0 Å². The number of nitrogens with one attached hydrogen (secondary N) is 3. The minimum absolute atomic E-state index is 0.144. The number of benzene rings is 1. The molecule has 2 saturated carbocycles. The normalized spacial score (nSPS) is 22.4. The number of amides is 3. The fourth-order valence-electron chi connectivity index (χ4n) is 3.00. The minimum Gasteiger partial charge on any atom is -0.356 e. The van der Waals surface area contributed by atoms with Crippen LogP contribution in [0.15, 0.2) is 24.3 Å². The highest BCUT2D eigenvalue weighted by molar-refractivity contribution is 6.30. The summed E-state index contributed by atoms with van der Waals surface area (Å²) in [7, 11) is 0. The first-order chi connectivity index (χ1) is 11.6. The summed E-state index contributed by atoms with van der Waals surface area (Å²) in [6, 6.07) is 7.83. The summed E-state index contributed by atoms with van der Waals surface area (Å²) >= 11 is 5.99. The lowest BCUT2D eigenvalue weighted by atomic mass is 9.85. The number of urea groups is 1. The third-order valence-electron chi connectivity index (χ3n) is 4.80. The minimum atomic E-state index is -0.144. The molecule has 130 valence electrons. The van der Waals surface area contributed by atoms with Crippen LogP contribution in [0.25, 0.3) is 0 Å². The van der Waals surface area contributed by atoms with Gasteiger partial charge in [-0.1, -0.05) is 30.2 Å². The topological polar surface area (TPSA) is 70.2 Å². The summed E-state index contributed by atoms with van der Waals surface area (Å²) in [5.74, 6) is 0.740. The summed E-state index contributed by atoms with van der Waals surface area (Å²) in [6.07, 6.45) is 4.89. The molecule has 0 bridgehead atoms. The van der Waals surface area contributed by atoms with Crippen LogP contribution in [-0.2, 0) is 4.79 Å². The second kappa shape index (κ2) is 7.88. The summed E-state index contributed by atoms with van der Waals surface area (Å²) in [4.78, 5) is 23.5. The van der Waals surface area contributed by atoms with Crippen molar-refractivity contribution in [3.8, 4) is 0 Å². The van der Waals surface area contributed by atoms with Gasteiger partial charge in [-0.25, -0.2) is 4.79 Å². The maximum atomic E-state index is 11.9. The van der Waals surface area contributed by atoms with Gasteiger partial charge in [0.25, 0.3) is 0 Å². The quantitative estimate of drug-likeness (QED) is 0.662. The van der Waals surface area contributed by atoms with Crippen molar-refractivity contribution in [2.75, 3.05) is 13.1 Å². The maximum Gasteiger partial charge on any atom is 0.315 e. The Kier molecular flexibility index (Phi) is 5.61. The monoisotopic (exact) mass is 349 g/mol. The van der Waals surface area contributed by atoms with Crippen LogP contribution in [0.4, 0.5) is 4.79 Å². The van der Waals surface area contributed by atoms with Crippen LogP contribution in [0.1, 0.15) is 43.6 Å². The molecule has 0 spiro atoms. The van der Waals surface area contributed by atoms with Crippen LogP contribution in [0, 0.1) is 5.92 Å². The molecule has 24 heavy (non-hydrogen) atoms. The van der Waals surface area contributed by atoms with E-state index in [-0.39, 0.29) is 23.9 Å². The van der Waals surface area contributed by atoms with Crippen molar-refractivity contribution in [1.29, 1.82) is 0 Å². The first kappa shape index (κ1) is 17.1. The standard InChI is InChI=1S/C18H24ClN3O2/c19-14-7-2-6-13(10-14)15-11-16(15)22-18(24)21-9-3-8-20-17(23)12-4-1-5-12/h2,6-7,10,12,15-16H,1,3-5,8-9,11H2,(H,20,23)(H2,21,22,24)/t15-,16+/m1/s1. The van der Waals surface area contributed by atoms with E-state index in [0.29, 0.717) is 19.0 Å². The van der Waals surface area contributed by atoms with E-state index < -0.39 is 0 Å². The molecule has 0 aromatic heterocycles. The largest absolute Gasteiger partial charge is 0.356 e. The van der Waals surface area contributed by atoms with Crippen LogP contribution in [0.2, 0.25) is 5.02 Å². The van der Waals surface area contributed by atoms with Gasteiger partial charge in [-0.2, -0.15) is 0 Å². The van der Waals surface area contributed by atoms with E-state index in [9.17, 15) is 9.59 Å². The third kappa shape index (κ3) is 4.63. The predicted octanol–water partition coefficient (Wildman–Crippen LogP) is 2.80. The first-order valence-corrected chi connectivity index (χ1v) is 9.09. The van der Waals surface area contributed by atoms with Crippen LogP contribution >= 0.6 is 11.6 Å². The second-order valence-corrected chi connectivity index (χ2v) is 7.11. The molecule has 1 aromatic carbocycles. The lowest BCUT2D eigenvalue weighted by Crippen LogP contribution is -2.39. The molecule has 2 aliphatic rings. The van der Waals surface area contributed by atoms with E-state index in [1.54, 1.807) is 0 Å². The molecular weight excluding hydrogens is 326 g/mol. The fraction of sp³-hybridized carbons (Fsp3) is 0.556. The fourth-order valence-corrected chi connectivity index (χ4v) is 3.19. The smallest absolute Gasteiger partial charge is 0.315 e. The Labute approximate surface area is 147 Å². The lowest BCUT2D eigenvalue weighted by molar-refractivity contribution is -0.127. The summed E-state index contributed by atoms with van der Waals surface area (Å²) < 4.78 is 0. The number of halogens is 1. The average Bonchev–Trinajstić information content (AvgIpc) is 3.24. The van der Waals surface area contributed by atoms with Crippen LogP contribution < -0.4 is 16.0 Å². The predicted molar refractivity (Wildman–Crippen MR) is 94.1 cm³/mol. The molecule has 0 aliphatic heterocycles. The van der Waals surface area contributed by atoms with Gasteiger partial charge in [0.2, 0.25) is 5.91 Å². The number of hydrogen-bond donors (Lipinski definition) is 3. The van der Waals surface area contributed by atoms with Crippen molar-refractivity contribution in [1.82, 2.24) is 16.0 Å². The van der Waals surface area contributed by atoms with E-state index in [0.717, 1.165) is 37.1 Å². The van der Waals surface area contributed by atoms with Gasteiger partial charge in [0.1, 0.15) is 0 Å². The van der Waals surface area contributed by atoms with Gasteiger partial charge in [0.05, 0.1) is 0 Å². The van der Waals surface area contributed by atoms with Crippen molar-refractivity contribution in [3.63, 3.8) is 0 Å². The Morgan fingerprint density at radius 2 is 1.96 bits per heavy atom. The zero-order valence-electron chi connectivity index (χ0n) is 13.7. The maximum absolute atomic E-state index is 11.9. The van der Waals surface area contributed by atoms with E-state index in [4.69, 9.17) is 11.6 Å². The van der Waals surface area contributed by atoms with E-state index in [1.165, 1.54) is 5.56 Å². The molecule has 2 fully saturated rings. The van der Waals surface area contributed by atoms with Gasteiger partial charge in [-0.05, 0) is 43.4 Å². The summed E-state index contributed by atoms with van der Waals surface area (Å²) in [6.45, 7) is 1.18. The van der Waals surface area contributed by atoms with Crippen LogP contribution in [-0.4, -0.2) is 31.1 Å². The molecule has 6 heteroatoms. The Hall–Kier alpha value is -1.75. The summed E-state index contributed by atoms with van der Waals surface area (Å²) in [5, 5.41) is 9.47. The lowest BCUT2D eigenvalue weighted by Gasteiger charge is -2.23. The molecule has 3 N–H and O–H groups in total. The van der Waals surface area contributed by atoms with Gasteiger partial charge in [0, 0.05) is 36.0 Å². The van der Waals surface area contributed by atoms with Crippen molar-refractivity contribution in [2.45, 2.75) is 44.1 Å². The zero-order valence-corrected chi connectivity index (χ0v) is 14.4. The molecule has 5 nitrogen and oxygen atoms in total. The highest BCUT2D eigenvalue weighted by Gasteiger charge is 2.39. The van der Waals surface area contributed by atoms with Crippen LogP contribution in [0.5, 0.6) is 0 Å². The number of rotatable bonds is 7. The van der Waals surface area contributed by atoms with Gasteiger partial charge in [-0.3, -0.25) is 4.79 Å². The molecule has 3 amide bonds. The molecule has 3 rings (SSSR count). The number of hydrogen-bond acceptors (Lipinski definition) is 2. The Morgan fingerprint density at radius 3 is 2.67 bits per heavy atom. The molecule has 0 radical (unpaired) electrons. The van der Waals surface area contributed by atoms with Gasteiger partial charge in [-0.15, -0.1) is 0 Å². The molecule has 2 aliphatic carbocycles. The molecule has 2 atom stereocenters.